The Bertz CT molecular complexity index is 3240. The van der Waals surface area contributed by atoms with E-state index in [1.54, 1.807) is 12.3 Å². The second-order valence-electron chi connectivity index (χ2n) is 15.0. The molecule has 0 fully saturated rings. The highest BCUT2D eigenvalue weighted by Gasteiger charge is 2.31. The molecule has 60 heavy (non-hydrogen) atoms. The van der Waals surface area contributed by atoms with Crippen LogP contribution in [0.2, 0.25) is 0 Å². The lowest BCUT2D eigenvalue weighted by atomic mass is 9.95. The first kappa shape index (κ1) is 32.1. The molecule has 0 amide bonds. The summed E-state index contributed by atoms with van der Waals surface area (Å²) in [6, 6.07) is 70.1. The molecule has 0 radical (unpaired) electrons. The monoisotopic (exact) mass is 775 g/mol. The summed E-state index contributed by atoms with van der Waals surface area (Å²) in [5.74, 6) is 1.86. The molecule has 10 aromatic rings. The van der Waals surface area contributed by atoms with Crippen LogP contribution < -0.4 is 14.5 Å². The molecular formula is C55H40N4O. The summed E-state index contributed by atoms with van der Waals surface area (Å²) >= 11 is 0. The van der Waals surface area contributed by atoms with Crippen LogP contribution in [0.25, 0.3) is 61.0 Å². The zero-order chi connectivity index (χ0) is 42.5. The van der Waals surface area contributed by atoms with Gasteiger partial charge in [0.05, 0.1) is 28.1 Å². The molecule has 8 aromatic carbocycles. The molecule has 1 aliphatic rings. The predicted octanol–water partition coefficient (Wildman–Crippen LogP) is 14.5. The smallest absolute Gasteiger partial charge is 0.137 e. The minimum Gasteiger partial charge on any atom is -0.457 e. The van der Waals surface area contributed by atoms with Gasteiger partial charge < -0.3 is 14.5 Å². The molecule has 286 valence electrons. The quantitative estimate of drug-likeness (QED) is 0.154. The van der Waals surface area contributed by atoms with Gasteiger partial charge in [-0.15, -0.1) is 0 Å². The van der Waals surface area contributed by atoms with Crippen LogP contribution in [0.5, 0.6) is 11.5 Å². The van der Waals surface area contributed by atoms with Gasteiger partial charge in [-0.05, 0) is 77.6 Å². The van der Waals surface area contributed by atoms with Crippen molar-refractivity contribution in [3.8, 4) is 50.7 Å². The lowest BCUT2D eigenvalue weighted by molar-refractivity contribution is 0.483. The fourth-order valence-corrected chi connectivity index (χ4v) is 8.69. The van der Waals surface area contributed by atoms with E-state index in [-0.39, 0.29) is 5.56 Å². The van der Waals surface area contributed by atoms with Crippen LogP contribution in [0.4, 0.5) is 22.7 Å². The largest absolute Gasteiger partial charge is 0.457 e. The number of aryl methyl sites for hydroxylation is 1. The summed E-state index contributed by atoms with van der Waals surface area (Å²) in [6.07, 6.45) is 1.68. The lowest BCUT2D eigenvalue weighted by Crippen LogP contribution is -2.24. The maximum Gasteiger partial charge on any atom is 0.137 e. The molecule has 0 bridgehead atoms. The van der Waals surface area contributed by atoms with E-state index in [0.717, 1.165) is 72.4 Å². The molecule has 5 heteroatoms. The van der Waals surface area contributed by atoms with Gasteiger partial charge in [-0.2, -0.15) is 0 Å². The summed E-state index contributed by atoms with van der Waals surface area (Å²) in [6.45, 7) is -1.77. The number of benzene rings is 8. The van der Waals surface area contributed by atoms with Crippen molar-refractivity contribution in [2.24, 2.45) is 0 Å². The van der Waals surface area contributed by atoms with Gasteiger partial charge in [0.25, 0.3) is 0 Å². The van der Waals surface area contributed by atoms with Crippen LogP contribution in [0, 0.1) is 6.85 Å². The summed E-state index contributed by atoms with van der Waals surface area (Å²) in [4.78, 5) is 9.66. The van der Waals surface area contributed by atoms with Crippen molar-refractivity contribution in [3.05, 3.63) is 218 Å². The molecule has 0 spiro atoms. The second-order valence-corrected chi connectivity index (χ2v) is 15.0. The fourth-order valence-electron chi connectivity index (χ4n) is 8.69. The van der Waals surface area contributed by atoms with Crippen molar-refractivity contribution < 1.29 is 8.85 Å². The number of hydrogen-bond donors (Lipinski definition) is 0. The fraction of sp³-hybridized carbons (Fsp3) is 0.0364. The molecule has 0 N–H and O–H groups in total. The number of hydrogen-bond acceptors (Lipinski definition) is 4. The molecule has 1 aliphatic heterocycles. The summed E-state index contributed by atoms with van der Waals surface area (Å²) in [5, 5.41) is 2.04. The van der Waals surface area contributed by atoms with Crippen LogP contribution in [0.1, 0.15) is 9.68 Å². The van der Waals surface area contributed by atoms with Gasteiger partial charge >= 0.3 is 0 Å². The van der Waals surface area contributed by atoms with Crippen LogP contribution in [-0.2, 0) is 0 Å². The van der Waals surface area contributed by atoms with Crippen molar-refractivity contribution in [1.82, 2.24) is 9.55 Å². The number of anilines is 4. The topological polar surface area (TPSA) is 33.5 Å². The molecule has 11 rings (SSSR count). The Morgan fingerprint density at radius 1 is 0.483 bits per heavy atom. The van der Waals surface area contributed by atoms with Gasteiger partial charge in [0.2, 0.25) is 0 Å². The van der Waals surface area contributed by atoms with E-state index in [9.17, 15) is 0 Å². The van der Waals surface area contributed by atoms with E-state index in [0.29, 0.717) is 29.5 Å². The molecule has 0 saturated carbocycles. The first-order chi connectivity index (χ1) is 30.9. The van der Waals surface area contributed by atoms with Crippen LogP contribution in [-0.4, -0.2) is 16.2 Å². The third-order valence-corrected chi connectivity index (χ3v) is 11.4. The first-order valence-corrected chi connectivity index (χ1v) is 20.1. The summed E-state index contributed by atoms with van der Waals surface area (Å²) in [7, 11) is 0. The number of fused-ring (bicyclic) bond motifs is 4. The molecule has 2 aromatic heterocycles. The molecular weight excluding hydrogens is 733 g/mol. The van der Waals surface area contributed by atoms with E-state index in [2.05, 4.69) is 137 Å². The van der Waals surface area contributed by atoms with E-state index < -0.39 is 6.85 Å². The van der Waals surface area contributed by atoms with Gasteiger partial charge in [0.15, 0.2) is 0 Å². The van der Waals surface area contributed by atoms with Crippen molar-refractivity contribution in [1.29, 1.82) is 0 Å². The predicted molar refractivity (Wildman–Crippen MR) is 248 cm³/mol. The number of rotatable bonds is 8. The Kier molecular flexibility index (Phi) is 7.92. The third-order valence-electron chi connectivity index (χ3n) is 11.4. The Hall–Kier alpha value is -7.89. The number of pyridine rings is 1. The van der Waals surface area contributed by atoms with Gasteiger partial charge in [-0.3, -0.25) is 4.57 Å². The zero-order valence-electron chi connectivity index (χ0n) is 35.6. The average molecular weight is 776 g/mol. The van der Waals surface area contributed by atoms with Gasteiger partial charge in [0.1, 0.15) is 24.0 Å². The maximum absolute atomic E-state index is 8.50. The average Bonchev–Trinajstić information content (AvgIpc) is 3.88. The van der Waals surface area contributed by atoms with Gasteiger partial charge in [-0.25, -0.2) is 4.98 Å². The summed E-state index contributed by atoms with van der Waals surface area (Å²) < 4.78 is 34.3. The highest BCUT2D eigenvalue weighted by atomic mass is 16.5. The normalized spacial score (nSPS) is 13.2. The molecule has 0 atom stereocenters. The minimum absolute atomic E-state index is 0.246. The van der Waals surface area contributed by atoms with Crippen molar-refractivity contribution in [2.75, 3.05) is 16.5 Å². The van der Waals surface area contributed by atoms with E-state index >= 15 is 0 Å². The number of aromatic nitrogens is 2. The van der Waals surface area contributed by atoms with Crippen LogP contribution >= 0.6 is 0 Å². The highest BCUT2D eigenvalue weighted by Crippen LogP contribution is 2.50. The number of para-hydroxylation sites is 4. The first-order valence-electron chi connectivity index (χ1n) is 21.6. The lowest BCUT2D eigenvalue weighted by Gasteiger charge is -2.27. The van der Waals surface area contributed by atoms with E-state index in [1.807, 2.05) is 77.4 Å². The molecule has 0 aliphatic carbocycles. The molecule has 3 heterocycles. The van der Waals surface area contributed by atoms with Gasteiger partial charge in [-0.1, -0.05) is 146 Å². The molecule has 0 saturated heterocycles. The maximum atomic E-state index is 8.50. The van der Waals surface area contributed by atoms with Crippen molar-refractivity contribution in [3.63, 3.8) is 0 Å². The third kappa shape index (κ3) is 6.16. The van der Waals surface area contributed by atoms with Crippen LogP contribution in [0.3, 0.4) is 0 Å². The molecule has 5 nitrogen and oxygen atoms in total. The number of ether oxygens (including phenoxy) is 1. The van der Waals surface area contributed by atoms with Gasteiger partial charge in [0, 0.05) is 55.6 Å². The van der Waals surface area contributed by atoms with Crippen molar-refractivity contribution >= 4 is 44.6 Å². The summed E-state index contributed by atoms with van der Waals surface area (Å²) in [5.41, 5.74) is 12.4. The SMILES string of the molecule is [2H]C([2H])([2H])c1cc(-n2c3ccccc3c3ccc(Oc4cccc(N5CN(c6c(-c7ccccc7)cccc6-c6ccccc6)c6ccccc65)c4)cc32)ncc1-c1ccccc1. The Balaban J connectivity index is 0.972. The zero-order valence-corrected chi connectivity index (χ0v) is 32.6. The number of nitrogens with zero attached hydrogens (tertiary/aromatic N) is 4. The Labute approximate surface area is 353 Å². The highest BCUT2D eigenvalue weighted by molar-refractivity contribution is 6.09. The van der Waals surface area contributed by atoms with E-state index in [1.165, 1.54) is 0 Å². The standard InChI is InChI=1S/C55H40N4O/c1-38-33-54(56-36-49(38)41-21-9-4-10-22-41)59-50-28-12-11-25-47(50)48-32-31-44(35-53(48)59)60-43-24-15-23-42(34-43)57-37-58(52-30-14-13-29-51(52)57)55-45(39-17-5-2-6-18-39)26-16-27-46(55)40-19-7-3-8-20-40/h2-36H,37H2,1H3/i1D3. The minimum atomic E-state index is -2.36. The van der Waals surface area contributed by atoms with Crippen molar-refractivity contribution in [2.45, 2.75) is 6.85 Å². The second kappa shape index (κ2) is 14.8. The molecule has 0 unspecified atom stereocenters. The van der Waals surface area contributed by atoms with E-state index in [4.69, 9.17) is 13.8 Å². The Morgan fingerprint density at radius 2 is 1.07 bits per heavy atom. The van der Waals surface area contributed by atoms with Crippen LogP contribution in [0.15, 0.2) is 212 Å². The Morgan fingerprint density at radius 3 is 1.77 bits per heavy atom.